The zero-order valence-electron chi connectivity index (χ0n) is 16.5. The van der Waals surface area contributed by atoms with Crippen LogP contribution in [0.15, 0.2) is 72.8 Å². The predicted molar refractivity (Wildman–Crippen MR) is 114 cm³/mol. The third-order valence-corrected chi connectivity index (χ3v) is 4.94. The molecule has 5 heteroatoms. The van der Waals surface area contributed by atoms with E-state index < -0.39 is 0 Å². The average Bonchev–Trinajstić information content (AvgIpc) is 3.15. The summed E-state index contributed by atoms with van der Waals surface area (Å²) in [4.78, 5) is 16.9. The minimum atomic E-state index is -0.371. The molecule has 0 bridgehead atoms. The number of ether oxygens (including phenoxy) is 2. The zero-order chi connectivity index (χ0) is 20.2. The lowest BCUT2D eigenvalue weighted by molar-refractivity contribution is 0.0601. The molecule has 0 aliphatic heterocycles. The third kappa shape index (κ3) is 3.65. The molecule has 146 valence electrons. The second kappa shape index (κ2) is 8.29. The summed E-state index contributed by atoms with van der Waals surface area (Å²) >= 11 is 0. The van der Waals surface area contributed by atoms with Gasteiger partial charge < -0.3 is 14.0 Å². The van der Waals surface area contributed by atoms with E-state index in [1.807, 2.05) is 36.4 Å². The highest BCUT2D eigenvalue weighted by atomic mass is 16.5. The number of fused-ring (bicyclic) bond motifs is 1. The van der Waals surface area contributed by atoms with Crippen molar-refractivity contribution in [2.75, 3.05) is 20.8 Å². The minimum absolute atomic E-state index is 0.371. The summed E-state index contributed by atoms with van der Waals surface area (Å²) in [5.41, 5.74) is 5.46. The molecule has 5 nitrogen and oxygen atoms in total. The summed E-state index contributed by atoms with van der Waals surface area (Å²) in [6.45, 7) is 1.22. The highest BCUT2D eigenvalue weighted by Gasteiger charge is 2.17. The molecule has 1 aromatic heterocycles. The Morgan fingerprint density at radius 1 is 0.931 bits per heavy atom. The number of methoxy groups -OCH3 is 2. The molecule has 0 N–H and O–H groups in total. The van der Waals surface area contributed by atoms with Gasteiger partial charge in [0.2, 0.25) is 0 Å². The van der Waals surface area contributed by atoms with Crippen molar-refractivity contribution in [2.24, 2.45) is 0 Å². The molecule has 0 aliphatic carbocycles. The van der Waals surface area contributed by atoms with Crippen molar-refractivity contribution in [3.05, 3.63) is 78.4 Å². The number of carbonyl (C=O) groups excluding carboxylic acids is 1. The largest absolute Gasteiger partial charge is 0.465 e. The van der Waals surface area contributed by atoms with Crippen LogP contribution in [-0.2, 0) is 16.0 Å². The molecule has 4 rings (SSSR count). The Balaban J connectivity index is 1.92. The molecule has 3 aromatic carbocycles. The molecule has 0 aliphatic rings. The first kappa shape index (κ1) is 18.9. The van der Waals surface area contributed by atoms with Crippen LogP contribution in [0.1, 0.15) is 10.4 Å². The van der Waals surface area contributed by atoms with E-state index in [0.29, 0.717) is 18.7 Å². The number of nitrogens with zero attached hydrogens (tertiary/aromatic N) is 2. The Bertz CT molecular complexity index is 1150. The van der Waals surface area contributed by atoms with E-state index in [4.69, 9.17) is 14.5 Å². The maximum atomic E-state index is 12.0. The number of imidazole rings is 1. The maximum Gasteiger partial charge on any atom is 0.337 e. The van der Waals surface area contributed by atoms with Crippen molar-refractivity contribution in [1.82, 2.24) is 9.55 Å². The van der Waals surface area contributed by atoms with Gasteiger partial charge in [-0.3, -0.25) is 0 Å². The molecule has 4 aromatic rings. The maximum absolute atomic E-state index is 12.0. The van der Waals surface area contributed by atoms with Gasteiger partial charge >= 0.3 is 5.97 Å². The van der Waals surface area contributed by atoms with E-state index in [1.54, 1.807) is 19.2 Å². The monoisotopic (exact) mass is 386 g/mol. The smallest absolute Gasteiger partial charge is 0.337 e. The van der Waals surface area contributed by atoms with Gasteiger partial charge in [0.15, 0.2) is 0 Å². The van der Waals surface area contributed by atoms with Crippen LogP contribution >= 0.6 is 0 Å². The Morgan fingerprint density at radius 3 is 2.38 bits per heavy atom. The first-order valence-corrected chi connectivity index (χ1v) is 9.45. The van der Waals surface area contributed by atoms with Crippen molar-refractivity contribution in [2.45, 2.75) is 6.54 Å². The molecule has 0 atom stereocenters. The van der Waals surface area contributed by atoms with Crippen LogP contribution in [0.4, 0.5) is 0 Å². The number of esters is 1. The first-order valence-electron chi connectivity index (χ1n) is 9.45. The molecule has 0 spiro atoms. The number of carbonyl (C=O) groups is 1. The fourth-order valence-electron chi connectivity index (χ4n) is 3.54. The molecule has 0 saturated heterocycles. The Kier molecular flexibility index (Phi) is 5.40. The molecule has 0 radical (unpaired) electrons. The van der Waals surface area contributed by atoms with Gasteiger partial charge in [-0.2, -0.15) is 0 Å². The summed E-state index contributed by atoms with van der Waals surface area (Å²) in [7, 11) is 3.07. The van der Waals surface area contributed by atoms with Crippen molar-refractivity contribution < 1.29 is 14.3 Å². The fraction of sp³-hybridized carbons (Fsp3) is 0.167. The summed E-state index contributed by atoms with van der Waals surface area (Å²) in [5, 5.41) is 0. The summed E-state index contributed by atoms with van der Waals surface area (Å²) in [6.07, 6.45) is 0. The number of hydrogen-bond acceptors (Lipinski definition) is 4. The molecule has 1 heterocycles. The Morgan fingerprint density at radius 2 is 1.66 bits per heavy atom. The normalized spacial score (nSPS) is 11.0. The molecular weight excluding hydrogens is 364 g/mol. The SMILES string of the molecule is COCCn1c(-c2ccccc2-c2ccccc2)nc2cc(C(=O)OC)ccc21. The van der Waals surface area contributed by atoms with Gasteiger partial charge in [0.05, 0.1) is 30.3 Å². The van der Waals surface area contributed by atoms with Crippen LogP contribution in [0.2, 0.25) is 0 Å². The summed E-state index contributed by atoms with van der Waals surface area (Å²) in [5.74, 6) is 0.475. The molecular formula is C24H22N2O3. The Hall–Kier alpha value is -3.44. The third-order valence-electron chi connectivity index (χ3n) is 4.94. The topological polar surface area (TPSA) is 53.4 Å². The molecule has 0 unspecified atom stereocenters. The van der Waals surface area contributed by atoms with Gasteiger partial charge in [-0.05, 0) is 29.3 Å². The van der Waals surface area contributed by atoms with Gasteiger partial charge in [0.1, 0.15) is 5.82 Å². The van der Waals surface area contributed by atoms with Crippen LogP contribution < -0.4 is 0 Å². The highest BCUT2D eigenvalue weighted by molar-refractivity contribution is 5.95. The van der Waals surface area contributed by atoms with Gasteiger partial charge in [0.25, 0.3) is 0 Å². The number of aromatic nitrogens is 2. The molecule has 0 amide bonds. The number of hydrogen-bond donors (Lipinski definition) is 0. The van der Waals surface area contributed by atoms with E-state index in [9.17, 15) is 4.79 Å². The van der Waals surface area contributed by atoms with E-state index in [0.717, 1.165) is 33.5 Å². The summed E-state index contributed by atoms with van der Waals surface area (Å²) < 4.78 is 12.3. The molecule has 0 saturated carbocycles. The van der Waals surface area contributed by atoms with E-state index >= 15 is 0 Å². The second-order valence-corrected chi connectivity index (χ2v) is 6.69. The zero-order valence-corrected chi connectivity index (χ0v) is 16.5. The van der Waals surface area contributed by atoms with Crippen molar-refractivity contribution in [3.63, 3.8) is 0 Å². The molecule has 29 heavy (non-hydrogen) atoms. The van der Waals surface area contributed by atoms with E-state index in [1.165, 1.54) is 7.11 Å². The van der Waals surface area contributed by atoms with Gasteiger partial charge in [-0.25, -0.2) is 9.78 Å². The average molecular weight is 386 g/mol. The lowest BCUT2D eigenvalue weighted by Gasteiger charge is -2.13. The fourth-order valence-corrected chi connectivity index (χ4v) is 3.54. The van der Waals surface area contributed by atoms with Crippen LogP contribution in [0.25, 0.3) is 33.5 Å². The Labute approximate surface area is 169 Å². The highest BCUT2D eigenvalue weighted by Crippen LogP contribution is 2.33. The van der Waals surface area contributed by atoms with Crippen LogP contribution in [0, 0.1) is 0 Å². The standard InChI is InChI=1S/C24H22N2O3/c1-28-15-14-26-22-13-12-18(24(27)29-2)16-21(22)25-23(26)20-11-7-6-10-19(20)17-8-4-3-5-9-17/h3-13,16H,14-15H2,1-2H3. The lowest BCUT2D eigenvalue weighted by Crippen LogP contribution is -2.06. The molecule has 0 fully saturated rings. The quantitative estimate of drug-likeness (QED) is 0.447. The van der Waals surface area contributed by atoms with Crippen LogP contribution in [0.3, 0.4) is 0 Å². The van der Waals surface area contributed by atoms with E-state index in [-0.39, 0.29) is 5.97 Å². The van der Waals surface area contributed by atoms with Crippen LogP contribution in [0.5, 0.6) is 0 Å². The predicted octanol–water partition coefficient (Wildman–Crippen LogP) is 4.80. The number of benzene rings is 3. The van der Waals surface area contributed by atoms with E-state index in [2.05, 4.69) is 28.8 Å². The minimum Gasteiger partial charge on any atom is -0.465 e. The van der Waals surface area contributed by atoms with Crippen molar-refractivity contribution >= 4 is 17.0 Å². The van der Waals surface area contributed by atoms with Gasteiger partial charge in [-0.15, -0.1) is 0 Å². The second-order valence-electron chi connectivity index (χ2n) is 6.69. The van der Waals surface area contributed by atoms with Gasteiger partial charge in [-0.1, -0.05) is 54.6 Å². The summed E-state index contributed by atoms with van der Waals surface area (Å²) in [6, 6.07) is 23.9. The number of rotatable bonds is 6. The van der Waals surface area contributed by atoms with Gasteiger partial charge in [0, 0.05) is 19.2 Å². The van der Waals surface area contributed by atoms with Crippen LogP contribution in [-0.4, -0.2) is 36.3 Å². The van der Waals surface area contributed by atoms with Crippen molar-refractivity contribution in [3.8, 4) is 22.5 Å². The first-order chi connectivity index (χ1) is 14.2. The van der Waals surface area contributed by atoms with Crippen molar-refractivity contribution in [1.29, 1.82) is 0 Å². The lowest BCUT2D eigenvalue weighted by atomic mass is 9.99.